The van der Waals surface area contributed by atoms with E-state index in [0.29, 0.717) is 0 Å². The fourth-order valence-electron chi connectivity index (χ4n) is 0. The van der Waals surface area contributed by atoms with Crippen LogP contribution >= 0.6 is 0 Å². The van der Waals surface area contributed by atoms with Crippen molar-refractivity contribution >= 4 is 50.5 Å². The molecule has 0 aliphatic heterocycles. The topological polar surface area (TPSA) is 95.2 Å². The van der Waals surface area contributed by atoms with E-state index < -0.39 is 0 Å². The van der Waals surface area contributed by atoms with Gasteiger partial charge in [-0.2, -0.15) is 0 Å². The first-order valence-electron chi connectivity index (χ1n) is 1.71. The summed E-state index contributed by atoms with van der Waals surface area (Å²) >= 11 is 14.8. The van der Waals surface area contributed by atoms with Gasteiger partial charge in [0.2, 0.25) is 0 Å². The fraction of sp³-hybridized carbons (Fsp3) is 0. The average molecular weight is 419 g/mol. The van der Waals surface area contributed by atoms with E-state index in [0.717, 1.165) is 0 Å². The van der Waals surface area contributed by atoms with E-state index in [4.69, 9.17) is 21.0 Å². The number of nitriles is 4. The number of nitrogens with zero attached hydrogens (tertiary/aromatic N) is 4. The van der Waals surface area contributed by atoms with E-state index in [1.54, 1.807) is 0 Å². The van der Waals surface area contributed by atoms with Crippen LogP contribution in [-0.4, -0.2) is 0 Å². The Kier molecular flexibility index (Phi) is 234. The number of hydrogen-bond donors (Lipinski definition) is 0. The van der Waals surface area contributed by atoms with Gasteiger partial charge in [0.1, 0.15) is 0 Å². The van der Waals surface area contributed by atoms with Crippen LogP contribution in [0.25, 0.3) is 0 Å². The zero-order valence-corrected chi connectivity index (χ0v) is 11.8. The second-order valence-corrected chi connectivity index (χ2v) is 1.10. The van der Waals surface area contributed by atoms with Crippen molar-refractivity contribution in [1.82, 2.24) is 0 Å². The van der Waals surface area contributed by atoms with Crippen LogP contribution in [0.15, 0.2) is 0 Å². The number of thiocyanates is 4. The van der Waals surface area contributed by atoms with Gasteiger partial charge in [0.05, 0.1) is 0 Å². The molecule has 9 heteroatoms. The molecule has 0 saturated heterocycles. The van der Waals surface area contributed by atoms with Crippen LogP contribution < -0.4 is 0 Å². The molecule has 71 valence electrons. The maximum absolute atomic E-state index is 7.13. The molecule has 0 rings (SSSR count). The van der Waals surface area contributed by atoms with Crippen molar-refractivity contribution < 1.29 is 20.4 Å². The molecule has 0 aliphatic carbocycles. The molecule has 0 unspecified atom stereocenters. The Bertz CT molecular complexity index is 158. The summed E-state index contributed by atoms with van der Waals surface area (Å²) in [5.74, 6) is 0. The molecule has 0 aromatic rings. The molecule has 0 amide bonds. The summed E-state index contributed by atoms with van der Waals surface area (Å²) in [6.45, 7) is 0. The first kappa shape index (κ1) is 29.4. The summed E-state index contributed by atoms with van der Waals surface area (Å²) in [4.78, 5) is 0. The fourth-order valence-corrected chi connectivity index (χ4v) is 0. The SMILES string of the molecule is N#C[S-].N#C[S-].N#C[S-].N#C[S-].[Re]. The molecule has 0 fully saturated rings. The summed E-state index contributed by atoms with van der Waals surface area (Å²) in [5.41, 5.74) is 0. The Morgan fingerprint density at radius 3 is 0.538 bits per heavy atom. The van der Waals surface area contributed by atoms with Crippen LogP contribution in [-0.2, 0) is 70.9 Å². The van der Waals surface area contributed by atoms with E-state index >= 15 is 0 Å². The van der Waals surface area contributed by atoms with Crippen molar-refractivity contribution in [2.24, 2.45) is 0 Å². The summed E-state index contributed by atoms with van der Waals surface area (Å²) in [5, 5.41) is 33.9. The minimum Gasteiger partial charge on any atom is -0.696 e. The summed E-state index contributed by atoms with van der Waals surface area (Å²) < 4.78 is 0. The normalized spacial score (nSPS) is 2.15. The molecule has 0 saturated carbocycles. The summed E-state index contributed by atoms with van der Waals surface area (Å²) in [6, 6.07) is 0. The van der Waals surface area contributed by atoms with Gasteiger partial charge in [-0.25, -0.2) is 21.0 Å². The Hall–Kier alpha value is -0.498. The van der Waals surface area contributed by atoms with Crippen LogP contribution in [0.5, 0.6) is 0 Å². The van der Waals surface area contributed by atoms with Gasteiger partial charge in [0.15, 0.2) is 0 Å². The first-order valence-corrected chi connectivity index (χ1v) is 3.34. The van der Waals surface area contributed by atoms with Gasteiger partial charge >= 0.3 is 0 Å². The Morgan fingerprint density at radius 2 is 0.538 bits per heavy atom. The Balaban J connectivity index is -0.0000000213. The molecule has 0 heterocycles. The molecular weight excluding hydrogens is 419 g/mol. The minimum absolute atomic E-state index is 0. The molecule has 1 radical (unpaired) electrons. The molecule has 0 spiro atoms. The third-order valence-corrected chi connectivity index (χ3v) is 0. The smallest absolute Gasteiger partial charge is 0 e. The summed E-state index contributed by atoms with van der Waals surface area (Å²) in [7, 11) is 0. The van der Waals surface area contributed by atoms with E-state index in [9.17, 15) is 0 Å². The maximum atomic E-state index is 7.13. The molecule has 0 aromatic heterocycles. The number of rotatable bonds is 0. The predicted octanol–water partition coefficient (Wildman–Crippen LogP) is 0.0550. The molecular formula is C4N4ReS4-4. The van der Waals surface area contributed by atoms with Gasteiger partial charge < -0.3 is 50.5 Å². The van der Waals surface area contributed by atoms with Crippen molar-refractivity contribution in [3.05, 3.63) is 0 Å². The molecule has 13 heavy (non-hydrogen) atoms. The summed E-state index contributed by atoms with van der Waals surface area (Å²) in [6.07, 6.45) is 0. The molecule has 0 aliphatic rings. The molecule has 0 N–H and O–H groups in total. The van der Waals surface area contributed by atoms with Crippen molar-refractivity contribution in [3.63, 3.8) is 0 Å². The largest absolute Gasteiger partial charge is 0.696 e. The van der Waals surface area contributed by atoms with E-state index in [1.165, 1.54) is 21.6 Å². The molecule has 0 aromatic carbocycles. The van der Waals surface area contributed by atoms with E-state index in [2.05, 4.69) is 50.5 Å². The van der Waals surface area contributed by atoms with Crippen LogP contribution in [0.1, 0.15) is 0 Å². The van der Waals surface area contributed by atoms with Crippen LogP contribution in [0.4, 0.5) is 0 Å². The second kappa shape index (κ2) is 103. The van der Waals surface area contributed by atoms with Crippen LogP contribution in [0.3, 0.4) is 0 Å². The molecule has 4 nitrogen and oxygen atoms in total. The van der Waals surface area contributed by atoms with Crippen LogP contribution in [0, 0.1) is 42.7 Å². The van der Waals surface area contributed by atoms with Gasteiger partial charge in [-0.3, -0.25) is 0 Å². The minimum atomic E-state index is 0. The van der Waals surface area contributed by atoms with Gasteiger partial charge in [0.25, 0.3) is 0 Å². The Morgan fingerprint density at radius 1 is 0.538 bits per heavy atom. The van der Waals surface area contributed by atoms with Gasteiger partial charge in [-0.05, 0) is 0 Å². The predicted molar refractivity (Wildman–Crippen MR) is 51.9 cm³/mol. The maximum Gasteiger partial charge on any atom is 0 e. The third-order valence-electron chi connectivity index (χ3n) is 0. The molecule has 0 bridgehead atoms. The third kappa shape index (κ3) is 4190. The Labute approximate surface area is 113 Å². The monoisotopic (exact) mass is 419 g/mol. The van der Waals surface area contributed by atoms with Crippen molar-refractivity contribution in [2.75, 3.05) is 0 Å². The quantitative estimate of drug-likeness (QED) is 0.402. The number of hydrogen-bond acceptors (Lipinski definition) is 8. The standard InChI is InChI=1S/4CHNS.Re/c4*2-1-3;/h4*3H;/p-4. The zero-order valence-electron chi connectivity index (χ0n) is 5.80. The van der Waals surface area contributed by atoms with E-state index in [1.807, 2.05) is 0 Å². The zero-order chi connectivity index (χ0) is 10.8. The first-order chi connectivity index (χ1) is 5.66. The molecule has 0 atom stereocenters. The van der Waals surface area contributed by atoms with Crippen molar-refractivity contribution in [3.8, 4) is 21.6 Å². The van der Waals surface area contributed by atoms with Gasteiger partial charge in [0, 0.05) is 20.4 Å². The van der Waals surface area contributed by atoms with Gasteiger partial charge in [-0.1, -0.05) is 21.6 Å². The van der Waals surface area contributed by atoms with Gasteiger partial charge in [-0.15, -0.1) is 0 Å². The van der Waals surface area contributed by atoms with E-state index in [-0.39, 0.29) is 20.4 Å². The van der Waals surface area contributed by atoms with Crippen molar-refractivity contribution in [2.45, 2.75) is 0 Å². The average Bonchev–Trinajstić information content (AvgIpc) is 1.92. The van der Waals surface area contributed by atoms with Crippen LogP contribution in [0.2, 0.25) is 0 Å². The van der Waals surface area contributed by atoms with Crippen molar-refractivity contribution in [1.29, 1.82) is 21.0 Å². The second-order valence-electron chi connectivity index (χ2n) is 0.365.